The molecular weight excluding hydrogens is 688 g/mol. The molecule has 1 amide bonds. The Balaban J connectivity index is 1.21. The highest BCUT2D eigenvalue weighted by atomic mass is 31.1. The Morgan fingerprint density at radius 3 is 1.23 bits per heavy atom. The van der Waals surface area contributed by atoms with E-state index in [1.807, 2.05) is 153 Å². The first-order chi connectivity index (χ1) is 26.1. The van der Waals surface area contributed by atoms with Crippen LogP contribution in [0, 0.1) is 0 Å². The van der Waals surface area contributed by atoms with Crippen molar-refractivity contribution in [3.8, 4) is 0 Å². The molecule has 0 bridgehead atoms. The maximum absolute atomic E-state index is 14.4. The van der Waals surface area contributed by atoms with Gasteiger partial charge in [-0.2, -0.15) is 0 Å². The summed E-state index contributed by atoms with van der Waals surface area (Å²) in [6.07, 6.45) is -0.752. The minimum atomic E-state index is -1.06. The smallest absolute Gasteiger partial charge is 0.339 e. The van der Waals surface area contributed by atoms with Gasteiger partial charge in [-0.1, -0.05) is 188 Å². The van der Waals surface area contributed by atoms with Gasteiger partial charge in [0.2, 0.25) is 0 Å². The lowest BCUT2D eigenvalue weighted by Gasteiger charge is -2.28. The third kappa shape index (κ3) is 8.37. The van der Waals surface area contributed by atoms with Gasteiger partial charge in [0.15, 0.2) is 0 Å². The molecule has 0 spiro atoms. The predicted octanol–water partition coefficient (Wildman–Crippen LogP) is 7.92. The van der Waals surface area contributed by atoms with Crippen molar-refractivity contribution in [2.75, 3.05) is 0 Å². The van der Waals surface area contributed by atoms with Crippen LogP contribution in [0.3, 0.4) is 0 Å². The summed E-state index contributed by atoms with van der Waals surface area (Å²) in [5.74, 6) is -0.659. The standard InChI is InChI=1S/C47H39NO3P2/c1-35(48-46(49)41-31-17-19-33-43(41)52(37-23-9-3-10-24-37)38-25-11-4-12-26-38)45(36-21-7-2-8-22-36)51-47(50)42-32-18-20-34-44(42)53(39-27-13-5-14-28-39)40-29-15-6-16-30-40/h2-35,45H,1H3,(H,48,49)/t35-,45-/m1/s1. The molecule has 260 valence electrons. The second kappa shape index (κ2) is 17.2. The minimum absolute atomic E-state index is 0.221. The van der Waals surface area contributed by atoms with Gasteiger partial charge in [0.05, 0.1) is 11.6 Å². The number of carbonyl (C=O) groups excluding carboxylic acids is 2. The predicted molar refractivity (Wildman–Crippen MR) is 222 cm³/mol. The average Bonchev–Trinajstić information content (AvgIpc) is 3.22. The lowest BCUT2D eigenvalue weighted by atomic mass is 10.0. The van der Waals surface area contributed by atoms with E-state index in [2.05, 4.69) is 59.9 Å². The molecule has 0 radical (unpaired) electrons. The highest BCUT2D eigenvalue weighted by Gasteiger charge is 2.30. The molecule has 2 atom stereocenters. The van der Waals surface area contributed by atoms with E-state index in [0.29, 0.717) is 11.1 Å². The summed E-state index contributed by atoms with van der Waals surface area (Å²) in [4.78, 5) is 28.8. The number of amides is 1. The Morgan fingerprint density at radius 2 is 0.792 bits per heavy atom. The second-order valence-electron chi connectivity index (χ2n) is 12.5. The van der Waals surface area contributed by atoms with Gasteiger partial charge in [0, 0.05) is 5.56 Å². The van der Waals surface area contributed by atoms with Gasteiger partial charge < -0.3 is 10.1 Å². The zero-order valence-electron chi connectivity index (χ0n) is 29.3. The summed E-state index contributed by atoms with van der Waals surface area (Å²) in [6.45, 7) is 1.90. The van der Waals surface area contributed by atoms with E-state index in [1.54, 1.807) is 0 Å². The third-order valence-electron chi connectivity index (χ3n) is 8.99. The lowest BCUT2D eigenvalue weighted by molar-refractivity contribution is 0.0209. The molecule has 0 saturated carbocycles. The van der Waals surface area contributed by atoms with Crippen LogP contribution in [0.5, 0.6) is 0 Å². The van der Waals surface area contributed by atoms with E-state index in [1.165, 1.54) is 0 Å². The number of carbonyl (C=O) groups is 2. The van der Waals surface area contributed by atoms with E-state index in [-0.39, 0.29) is 5.91 Å². The monoisotopic (exact) mass is 727 g/mol. The maximum Gasteiger partial charge on any atom is 0.339 e. The van der Waals surface area contributed by atoms with Gasteiger partial charge in [0.1, 0.15) is 6.10 Å². The van der Waals surface area contributed by atoms with Crippen LogP contribution in [-0.2, 0) is 4.74 Å². The van der Waals surface area contributed by atoms with Crippen LogP contribution in [0.4, 0.5) is 0 Å². The molecule has 53 heavy (non-hydrogen) atoms. The van der Waals surface area contributed by atoms with Crippen LogP contribution in [-0.4, -0.2) is 17.9 Å². The van der Waals surface area contributed by atoms with Crippen LogP contribution in [0.1, 0.15) is 39.3 Å². The van der Waals surface area contributed by atoms with E-state index < -0.39 is 34.0 Å². The van der Waals surface area contributed by atoms with Crippen LogP contribution >= 0.6 is 15.8 Å². The van der Waals surface area contributed by atoms with Crippen molar-refractivity contribution in [2.24, 2.45) is 0 Å². The molecule has 6 heteroatoms. The van der Waals surface area contributed by atoms with E-state index >= 15 is 0 Å². The highest BCUT2D eigenvalue weighted by molar-refractivity contribution is 7.80. The summed E-state index contributed by atoms with van der Waals surface area (Å²) in [5.41, 5.74) is 1.90. The van der Waals surface area contributed by atoms with E-state index in [9.17, 15) is 9.59 Å². The summed E-state index contributed by atoms with van der Waals surface area (Å²) >= 11 is 0. The minimum Gasteiger partial charge on any atom is -0.452 e. The van der Waals surface area contributed by atoms with Gasteiger partial charge in [0.25, 0.3) is 5.91 Å². The van der Waals surface area contributed by atoms with Gasteiger partial charge >= 0.3 is 5.97 Å². The van der Waals surface area contributed by atoms with Crippen molar-refractivity contribution in [3.05, 3.63) is 217 Å². The highest BCUT2D eigenvalue weighted by Crippen LogP contribution is 2.36. The Labute approximate surface area is 314 Å². The van der Waals surface area contributed by atoms with Crippen LogP contribution in [0.15, 0.2) is 200 Å². The number of benzene rings is 7. The third-order valence-corrected chi connectivity index (χ3v) is 14.0. The Hall–Kier alpha value is -5.66. The molecule has 7 aromatic rings. The summed E-state index contributed by atoms with van der Waals surface area (Å²) < 4.78 is 6.46. The Bertz CT molecular complexity index is 2170. The van der Waals surface area contributed by atoms with Gasteiger partial charge in [-0.05, 0) is 72.3 Å². The number of rotatable bonds is 12. The molecule has 0 saturated heterocycles. The normalized spacial score (nSPS) is 12.2. The Kier molecular flexibility index (Phi) is 11.6. The molecule has 1 N–H and O–H groups in total. The molecule has 0 aliphatic rings. The molecule has 0 aliphatic carbocycles. The van der Waals surface area contributed by atoms with Gasteiger partial charge in [-0.3, -0.25) is 4.79 Å². The van der Waals surface area contributed by atoms with Crippen LogP contribution in [0.25, 0.3) is 0 Å². The quantitative estimate of drug-likeness (QED) is 0.103. The fourth-order valence-corrected chi connectivity index (χ4v) is 11.4. The number of nitrogens with one attached hydrogen (secondary N) is 1. The molecule has 0 aliphatic heterocycles. The zero-order chi connectivity index (χ0) is 36.4. The van der Waals surface area contributed by atoms with Gasteiger partial charge in [-0.25, -0.2) is 4.79 Å². The largest absolute Gasteiger partial charge is 0.452 e. The molecular formula is C47H39NO3P2. The lowest BCUT2D eigenvalue weighted by Crippen LogP contribution is -2.41. The molecule has 4 nitrogen and oxygen atoms in total. The number of ether oxygens (including phenoxy) is 1. The molecule has 7 aromatic carbocycles. The SMILES string of the molecule is C[C@@H](NC(=O)c1ccccc1P(c1ccccc1)c1ccccc1)[C@@H](OC(=O)c1ccccc1P(c1ccccc1)c1ccccc1)c1ccccc1. The van der Waals surface area contributed by atoms with Crippen LogP contribution in [0.2, 0.25) is 0 Å². The van der Waals surface area contributed by atoms with Crippen molar-refractivity contribution >= 4 is 59.5 Å². The molecule has 7 rings (SSSR count). The van der Waals surface area contributed by atoms with Crippen molar-refractivity contribution < 1.29 is 14.3 Å². The topological polar surface area (TPSA) is 55.4 Å². The maximum atomic E-state index is 14.4. The molecule has 0 aromatic heterocycles. The summed E-state index contributed by atoms with van der Waals surface area (Å²) in [7, 11) is -2.08. The molecule has 0 unspecified atom stereocenters. The van der Waals surface area contributed by atoms with Crippen molar-refractivity contribution in [1.29, 1.82) is 0 Å². The number of esters is 1. The number of hydrogen-bond acceptors (Lipinski definition) is 3. The average molecular weight is 728 g/mol. The second-order valence-corrected chi connectivity index (χ2v) is 16.9. The molecule has 0 fully saturated rings. The Morgan fingerprint density at radius 1 is 0.453 bits per heavy atom. The van der Waals surface area contributed by atoms with E-state index in [0.717, 1.165) is 37.4 Å². The fraction of sp³-hybridized carbons (Fsp3) is 0.0638. The first-order valence-electron chi connectivity index (χ1n) is 17.6. The van der Waals surface area contributed by atoms with Gasteiger partial charge in [-0.15, -0.1) is 0 Å². The van der Waals surface area contributed by atoms with Crippen molar-refractivity contribution in [1.82, 2.24) is 5.32 Å². The first-order valence-corrected chi connectivity index (χ1v) is 20.3. The fourth-order valence-electron chi connectivity index (χ4n) is 6.51. The van der Waals surface area contributed by atoms with Crippen molar-refractivity contribution in [2.45, 2.75) is 19.1 Å². The van der Waals surface area contributed by atoms with Crippen molar-refractivity contribution in [3.63, 3.8) is 0 Å². The molecule has 0 heterocycles. The van der Waals surface area contributed by atoms with E-state index in [4.69, 9.17) is 4.74 Å². The first kappa shape index (κ1) is 35.7. The number of hydrogen-bond donors (Lipinski definition) is 1. The van der Waals surface area contributed by atoms with Crippen LogP contribution < -0.4 is 37.1 Å². The summed E-state index contributed by atoms with van der Waals surface area (Å²) in [6, 6.07) is 65.9. The summed E-state index contributed by atoms with van der Waals surface area (Å²) in [5, 5.41) is 9.70. The zero-order valence-corrected chi connectivity index (χ0v) is 31.1.